The molecule has 136 valence electrons. The van der Waals surface area contributed by atoms with E-state index in [0.29, 0.717) is 0 Å². The predicted molar refractivity (Wildman–Crippen MR) is 99.3 cm³/mol. The van der Waals surface area contributed by atoms with Gasteiger partial charge in [0, 0.05) is 18.3 Å². The SMILES string of the molecule is O=C(Oc1ccc([N+](=O)[O-])cc1)O[C@@H]1CCCC1SSc1ccccn1. The molecule has 0 spiro atoms. The van der Waals surface area contributed by atoms with Crippen LogP contribution in [0.1, 0.15) is 19.3 Å². The quantitative estimate of drug-likeness (QED) is 0.226. The van der Waals surface area contributed by atoms with Crippen molar-refractivity contribution >= 4 is 33.4 Å². The maximum Gasteiger partial charge on any atom is 0.514 e. The summed E-state index contributed by atoms with van der Waals surface area (Å²) in [5.41, 5.74) is -0.0653. The van der Waals surface area contributed by atoms with Gasteiger partial charge in [-0.15, -0.1) is 0 Å². The lowest BCUT2D eigenvalue weighted by Gasteiger charge is -2.18. The molecule has 1 fully saturated rings. The predicted octanol–water partition coefficient (Wildman–Crippen LogP) is 4.87. The molecule has 1 aliphatic carbocycles. The van der Waals surface area contributed by atoms with Crippen molar-refractivity contribution in [3.05, 3.63) is 58.8 Å². The molecule has 1 aromatic carbocycles. The smallest absolute Gasteiger partial charge is 0.429 e. The van der Waals surface area contributed by atoms with E-state index in [0.717, 1.165) is 24.3 Å². The van der Waals surface area contributed by atoms with Gasteiger partial charge >= 0.3 is 6.16 Å². The van der Waals surface area contributed by atoms with Gasteiger partial charge in [-0.3, -0.25) is 10.1 Å². The fourth-order valence-electron chi connectivity index (χ4n) is 2.52. The first kappa shape index (κ1) is 18.5. The maximum absolute atomic E-state index is 12.0. The zero-order valence-corrected chi connectivity index (χ0v) is 15.3. The molecule has 9 heteroatoms. The van der Waals surface area contributed by atoms with Crippen molar-refractivity contribution in [2.75, 3.05) is 0 Å². The largest absolute Gasteiger partial charge is 0.514 e. The number of nitro benzene ring substituents is 1. The molecule has 0 radical (unpaired) electrons. The van der Waals surface area contributed by atoms with E-state index in [-0.39, 0.29) is 22.8 Å². The zero-order valence-electron chi connectivity index (χ0n) is 13.6. The summed E-state index contributed by atoms with van der Waals surface area (Å²) in [6.45, 7) is 0. The average molecular weight is 392 g/mol. The van der Waals surface area contributed by atoms with Gasteiger partial charge in [0.15, 0.2) is 0 Å². The van der Waals surface area contributed by atoms with Gasteiger partial charge in [0.05, 0.1) is 10.2 Å². The van der Waals surface area contributed by atoms with Gasteiger partial charge in [-0.05, 0) is 54.3 Å². The minimum atomic E-state index is -0.792. The highest BCUT2D eigenvalue weighted by molar-refractivity contribution is 8.76. The van der Waals surface area contributed by atoms with Crippen molar-refractivity contribution < 1.29 is 19.2 Å². The van der Waals surface area contributed by atoms with Crippen molar-refractivity contribution in [1.82, 2.24) is 4.98 Å². The number of nitro groups is 1. The van der Waals surface area contributed by atoms with Crippen LogP contribution in [0.2, 0.25) is 0 Å². The fraction of sp³-hybridized carbons (Fsp3) is 0.294. The summed E-state index contributed by atoms with van der Waals surface area (Å²) in [4.78, 5) is 26.4. The Labute approximate surface area is 158 Å². The van der Waals surface area contributed by atoms with Gasteiger partial charge < -0.3 is 9.47 Å². The number of carbonyl (C=O) groups is 1. The molecule has 0 amide bonds. The molecule has 3 rings (SSSR count). The van der Waals surface area contributed by atoms with Crippen LogP contribution in [-0.2, 0) is 4.74 Å². The summed E-state index contributed by atoms with van der Waals surface area (Å²) in [5, 5.41) is 11.7. The summed E-state index contributed by atoms with van der Waals surface area (Å²) < 4.78 is 10.6. The molecule has 0 N–H and O–H groups in total. The number of hydrogen-bond acceptors (Lipinski definition) is 8. The number of ether oxygens (including phenoxy) is 2. The number of nitrogens with zero attached hydrogens (tertiary/aromatic N) is 2. The summed E-state index contributed by atoms with van der Waals surface area (Å²) in [5.74, 6) is 0.214. The van der Waals surface area contributed by atoms with Crippen molar-refractivity contribution in [3.8, 4) is 5.75 Å². The summed E-state index contributed by atoms with van der Waals surface area (Å²) in [7, 11) is 3.21. The van der Waals surface area contributed by atoms with Crippen molar-refractivity contribution in [2.24, 2.45) is 0 Å². The highest BCUT2D eigenvalue weighted by Crippen LogP contribution is 2.41. The lowest BCUT2D eigenvalue weighted by atomic mass is 10.3. The third kappa shape index (κ3) is 5.12. The van der Waals surface area contributed by atoms with E-state index in [9.17, 15) is 14.9 Å². The minimum Gasteiger partial charge on any atom is -0.429 e. The highest BCUT2D eigenvalue weighted by atomic mass is 33.1. The first-order valence-corrected chi connectivity index (χ1v) is 10.2. The third-order valence-electron chi connectivity index (χ3n) is 3.78. The minimum absolute atomic E-state index is 0.0653. The van der Waals surface area contributed by atoms with Crippen molar-refractivity contribution in [2.45, 2.75) is 35.6 Å². The Morgan fingerprint density at radius 3 is 2.69 bits per heavy atom. The van der Waals surface area contributed by atoms with Crippen LogP contribution in [0.15, 0.2) is 53.7 Å². The first-order valence-electron chi connectivity index (χ1n) is 7.99. The summed E-state index contributed by atoms with van der Waals surface area (Å²) in [6.07, 6.45) is 3.46. The van der Waals surface area contributed by atoms with E-state index in [1.807, 2.05) is 18.2 Å². The van der Waals surface area contributed by atoms with Gasteiger partial charge in [0.1, 0.15) is 16.9 Å². The van der Waals surface area contributed by atoms with Gasteiger partial charge in [0.25, 0.3) is 5.69 Å². The standard InChI is InChI=1S/C17H16N2O5S2/c20-17(23-13-9-7-12(8-10-13)19(21)22)24-14-4-3-5-15(14)25-26-16-6-1-2-11-18-16/h1-2,6-11,14-15H,3-5H2/t14-,15?/m1/s1. The monoisotopic (exact) mass is 392 g/mol. The van der Waals surface area contributed by atoms with Gasteiger partial charge in [-0.25, -0.2) is 9.78 Å². The Bertz CT molecular complexity index is 758. The Kier molecular flexibility index (Phi) is 6.35. The van der Waals surface area contributed by atoms with E-state index in [1.54, 1.807) is 27.8 Å². The molecule has 0 bridgehead atoms. The molecular weight excluding hydrogens is 376 g/mol. The summed E-state index contributed by atoms with van der Waals surface area (Å²) in [6, 6.07) is 11.0. The van der Waals surface area contributed by atoms with Crippen LogP contribution in [0.5, 0.6) is 5.75 Å². The first-order chi connectivity index (χ1) is 12.6. The average Bonchev–Trinajstić information content (AvgIpc) is 3.08. The molecule has 0 aliphatic heterocycles. The highest BCUT2D eigenvalue weighted by Gasteiger charge is 2.32. The molecule has 1 heterocycles. The molecule has 1 aromatic heterocycles. The molecule has 7 nitrogen and oxygen atoms in total. The van der Waals surface area contributed by atoms with Gasteiger partial charge in [0.2, 0.25) is 0 Å². The molecular formula is C17H16N2O5S2. The Balaban J connectivity index is 1.50. The molecule has 26 heavy (non-hydrogen) atoms. The van der Waals surface area contributed by atoms with Crippen LogP contribution in [-0.4, -0.2) is 27.4 Å². The van der Waals surface area contributed by atoms with E-state index >= 15 is 0 Å². The third-order valence-corrected chi connectivity index (χ3v) is 6.62. The second-order valence-corrected chi connectivity index (χ2v) is 8.04. The van der Waals surface area contributed by atoms with Crippen LogP contribution in [0.25, 0.3) is 0 Å². The normalized spacial score (nSPS) is 19.1. The zero-order chi connectivity index (χ0) is 18.4. The number of hydrogen-bond donors (Lipinski definition) is 0. The lowest BCUT2D eigenvalue weighted by Crippen LogP contribution is -2.25. The molecule has 1 unspecified atom stereocenters. The van der Waals surface area contributed by atoms with Gasteiger partial charge in [-0.1, -0.05) is 16.9 Å². The summed E-state index contributed by atoms with van der Waals surface area (Å²) >= 11 is 0. The van der Waals surface area contributed by atoms with Crippen LogP contribution in [0, 0.1) is 10.1 Å². The molecule has 2 aromatic rings. The Morgan fingerprint density at radius 2 is 2.00 bits per heavy atom. The maximum atomic E-state index is 12.0. The van der Waals surface area contributed by atoms with Crippen molar-refractivity contribution in [1.29, 1.82) is 0 Å². The number of aromatic nitrogens is 1. The number of rotatable bonds is 6. The number of carbonyl (C=O) groups excluding carboxylic acids is 1. The lowest BCUT2D eigenvalue weighted by molar-refractivity contribution is -0.384. The second kappa shape index (κ2) is 8.91. The number of non-ortho nitro benzene ring substituents is 1. The topological polar surface area (TPSA) is 91.6 Å². The second-order valence-electron chi connectivity index (χ2n) is 5.58. The van der Waals surface area contributed by atoms with E-state index in [1.165, 1.54) is 24.3 Å². The van der Waals surface area contributed by atoms with Crippen molar-refractivity contribution in [3.63, 3.8) is 0 Å². The van der Waals surface area contributed by atoms with Crippen LogP contribution in [0.4, 0.5) is 10.5 Å². The molecule has 2 atom stereocenters. The molecule has 1 saturated carbocycles. The van der Waals surface area contributed by atoms with E-state index in [4.69, 9.17) is 9.47 Å². The van der Waals surface area contributed by atoms with E-state index in [2.05, 4.69) is 4.98 Å². The Hall–Kier alpha value is -2.26. The van der Waals surface area contributed by atoms with Gasteiger partial charge in [-0.2, -0.15) is 0 Å². The van der Waals surface area contributed by atoms with E-state index < -0.39 is 11.1 Å². The van der Waals surface area contributed by atoms with Crippen LogP contribution >= 0.6 is 21.6 Å². The number of benzene rings is 1. The molecule has 1 aliphatic rings. The fourth-order valence-corrected chi connectivity index (χ4v) is 5.19. The van der Waals surface area contributed by atoms with Crippen LogP contribution < -0.4 is 4.74 Å². The van der Waals surface area contributed by atoms with Crippen LogP contribution in [0.3, 0.4) is 0 Å². The Morgan fingerprint density at radius 1 is 1.19 bits per heavy atom. The number of pyridine rings is 1. The molecule has 0 saturated heterocycles.